The Balaban J connectivity index is 3.30. The molecular formula is C16H26N2O2. The Morgan fingerprint density at radius 1 is 1.00 bits per heavy atom. The fourth-order valence-corrected chi connectivity index (χ4v) is 2.41. The summed E-state index contributed by atoms with van der Waals surface area (Å²) in [6.45, 7) is 12.1. The first-order valence-corrected chi connectivity index (χ1v) is 7.35. The Kier molecular flexibility index (Phi) is 6.36. The van der Waals surface area contributed by atoms with Gasteiger partial charge in [0.25, 0.3) is 0 Å². The molecule has 4 heteroatoms. The number of esters is 1. The Morgan fingerprint density at radius 2 is 1.55 bits per heavy atom. The molecule has 0 spiro atoms. The molecule has 0 bridgehead atoms. The summed E-state index contributed by atoms with van der Waals surface area (Å²) in [5.41, 5.74) is 2.72. The maximum Gasteiger partial charge on any atom is 0.339 e. The smallest absolute Gasteiger partial charge is 0.339 e. The van der Waals surface area contributed by atoms with Gasteiger partial charge in [0, 0.05) is 31.9 Å². The van der Waals surface area contributed by atoms with E-state index in [9.17, 15) is 4.79 Å². The molecule has 0 N–H and O–H groups in total. The minimum absolute atomic E-state index is 0.280. The first kappa shape index (κ1) is 16.3. The zero-order valence-corrected chi connectivity index (χ0v) is 13.3. The summed E-state index contributed by atoms with van der Waals surface area (Å²) in [6.07, 6.45) is 0. The van der Waals surface area contributed by atoms with Gasteiger partial charge in [0.1, 0.15) is 0 Å². The van der Waals surface area contributed by atoms with Gasteiger partial charge in [0.15, 0.2) is 0 Å². The standard InChI is InChI=1S/C16H26N2O2/c1-6-17(7-2)13-10-11-14(16(19)20-5)15(12-13)18(8-3)9-4/h10-12H,6-9H2,1-5H3. The third-order valence-corrected chi connectivity index (χ3v) is 3.62. The molecule has 1 aromatic carbocycles. The highest BCUT2D eigenvalue weighted by Crippen LogP contribution is 2.27. The lowest BCUT2D eigenvalue weighted by Gasteiger charge is -2.27. The molecule has 0 radical (unpaired) electrons. The highest BCUT2D eigenvalue weighted by molar-refractivity contribution is 5.96. The minimum Gasteiger partial charge on any atom is -0.465 e. The van der Waals surface area contributed by atoms with Gasteiger partial charge in [-0.1, -0.05) is 0 Å². The molecule has 0 atom stereocenters. The van der Waals surface area contributed by atoms with Gasteiger partial charge in [-0.2, -0.15) is 0 Å². The quantitative estimate of drug-likeness (QED) is 0.717. The molecular weight excluding hydrogens is 252 g/mol. The Bertz CT molecular complexity index is 438. The van der Waals surface area contributed by atoms with Crippen molar-refractivity contribution in [2.75, 3.05) is 43.1 Å². The Labute approximate surface area is 122 Å². The number of hydrogen-bond acceptors (Lipinski definition) is 4. The van der Waals surface area contributed by atoms with Crippen LogP contribution in [0.1, 0.15) is 38.1 Å². The predicted molar refractivity (Wildman–Crippen MR) is 84.9 cm³/mol. The number of ether oxygens (including phenoxy) is 1. The molecule has 1 aromatic rings. The molecule has 0 saturated heterocycles. The predicted octanol–water partition coefficient (Wildman–Crippen LogP) is 3.17. The van der Waals surface area contributed by atoms with E-state index in [0.717, 1.165) is 37.6 Å². The lowest BCUT2D eigenvalue weighted by molar-refractivity contribution is 0.0601. The summed E-state index contributed by atoms with van der Waals surface area (Å²) in [4.78, 5) is 16.4. The van der Waals surface area contributed by atoms with Crippen LogP contribution in [-0.4, -0.2) is 39.3 Å². The third-order valence-electron chi connectivity index (χ3n) is 3.62. The molecule has 0 aliphatic heterocycles. The summed E-state index contributed by atoms with van der Waals surface area (Å²) in [5.74, 6) is -0.280. The Hall–Kier alpha value is -1.71. The molecule has 20 heavy (non-hydrogen) atoms. The van der Waals surface area contributed by atoms with Crippen molar-refractivity contribution < 1.29 is 9.53 Å². The van der Waals surface area contributed by atoms with E-state index in [1.807, 2.05) is 12.1 Å². The number of methoxy groups -OCH3 is 1. The first-order chi connectivity index (χ1) is 9.62. The lowest BCUT2D eigenvalue weighted by Crippen LogP contribution is -2.26. The van der Waals surface area contributed by atoms with Gasteiger partial charge >= 0.3 is 5.97 Å². The normalized spacial score (nSPS) is 10.2. The molecule has 0 aliphatic carbocycles. The van der Waals surface area contributed by atoms with Crippen LogP contribution in [0.25, 0.3) is 0 Å². The molecule has 0 aromatic heterocycles. The average Bonchev–Trinajstić information content (AvgIpc) is 2.49. The molecule has 112 valence electrons. The number of nitrogens with zero attached hydrogens (tertiary/aromatic N) is 2. The Morgan fingerprint density at radius 3 is 2.00 bits per heavy atom. The molecule has 0 fully saturated rings. The maximum absolute atomic E-state index is 11.9. The van der Waals surface area contributed by atoms with E-state index in [1.54, 1.807) is 0 Å². The van der Waals surface area contributed by atoms with E-state index in [-0.39, 0.29) is 5.97 Å². The number of carbonyl (C=O) groups excluding carboxylic acids is 1. The van der Waals surface area contributed by atoms with Crippen molar-refractivity contribution in [3.8, 4) is 0 Å². The molecule has 0 unspecified atom stereocenters. The van der Waals surface area contributed by atoms with Crippen LogP contribution in [0.15, 0.2) is 18.2 Å². The molecule has 1 rings (SSSR count). The van der Waals surface area contributed by atoms with Gasteiger partial charge < -0.3 is 14.5 Å². The van der Waals surface area contributed by atoms with Gasteiger partial charge in [-0.05, 0) is 45.9 Å². The highest BCUT2D eigenvalue weighted by Gasteiger charge is 2.17. The van der Waals surface area contributed by atoms with E-state index in [1.165, 1.54) is 7.11 Å². The maximum atomic E-state index is 11.9. The second kappa shape index (κ2) is 7.78. The number of carbonyl (C=O) groups is 1. The van der Waals surface area contributed by atoms with Crippen molar-refractivity contribution in [1.29, 1.82) is 0 Å². The van der Waals surface area contributed by atoms with Crippen molar-refractivity contribution >= 4 is 17.3 Å². The first-order valence-electron chi connectivity index (χ1n) is 7.35. The van der Waals surface area contributed by atoms with Crippen molar-refractivity contribution in [2.45, 2.75) is 27.7 Å². The number of benzene rings is 1. The van der Waals surface area contributed by atoms with Gasteiger partial charge in [-0.3, -0.25) is 0 Å². The summed E-state index contributed by atoms with van der Waals surface area (Å²) in [7, 11) is 1.42. The molecule has 0 saturated carbocycles. The van der Waals surface area contributed by atoms with Crippen LogP contribution in [0.3, 0.4) is 0 Å². The number of rotatable bonds is 7. The van der Waals surface area contributed by atoms with Crippen molar-refractivity contribution in [2.24, 2.45) is 0 Å². The fourth-order valence-electron chi connectivity index (χ4n) is 2.41. The molecule has 0 amide bonds. The van der Waals surface area contributed by atoms with Gasteiger partial charge in [-0.15, -0.1) is 0 Å². The van der Waals surface area contributed by atoms with Gasteiger partial charge in [0.05, 0.1) is 18.4 Å². The summed E-state index contributed by atoms with van der Waals surface area (Å²) in [6, 6.07) is 5.95. The number of anilines is 2. The molecule has 0 aliphatic rings. The molecule has 4 nitrogen and oxygen atoms in total. The van der Waals surface area contributed by atoms with Crippen LogP contribution in [0, 0.1) is 0 Å². The van der Waals surface area contributed by atoms with E-state index < -0.39 is 0 Å². The SMILES string of the molecule is CCN(CC)c1ccc(C(=O)OC)c(N(CC)CC)c1. The van der Waals surface area contributed by atoms with E-state index in [0.29, 0.717) is 5.56 Å². The van der Waals surface area contributed by atoms with Gasteiger partial charge in [0.2, 0.25) is 0 Å². The van der Waals surface area contributed by atoms with E-state index in [4.69, 9.17) is 4.74 Å². The topological polar surface area (TPSA) is 32.8 Å². The highest BCUT2D eigenvalue weighted by atomic mass is 16.5. The zero-order valence-electron chi connectivity index (χ0n) is 13.3. The van der Waals surface area contributed by atoms with Crippen molar-refractivity contribution in [3.05, 3.63) is 23.8 Å². The van der Waals surface area contributed by atoms with Crippen LogP contribution in [0.5, 0.6) is 0 Å². The molecule has 0 heterocycles. The summed E-state index contributed by atoms with van der Waals surface area (Å²) >= 11 is 0. The number of hydrogen-bond donors (Lipinski definition) is 0. The fraction of sp³-hybridized carbons (Fsp3) is 0.562. The second-order valence-corrected chi connectivity index (χ2v) is 4.54. The van der Waals surface area contributed by atoms with Gasteiger partial charge in [-0.25, -0.2) is 4.79 Å². The monoisotopic (exact) mass is 278 g/mol. The minimum atomic E-state index is -0.280. The van der Waals surface area contributed by atoms with Crippen LogP contribution >= 0.6 is 0 Å². The van der Waals surface area contributed by atoms with Crippen LogP contribution in [0.4, 0.5) is 11.4 Å². The van der Waals surface area contributed by atoms with E-state index >= 15 is 0 Å². The van der Waals surface area contributed by atoms with Crippen LogP contribution in [-0.2, 0) is 4.74 Å². The van der Waals surface area contributed by atoms with E-state index in [2.05, 4.69) is 43.6 Å². The summed E-state index contributed by atoms with van der Waals surface area (Å²) < 4.78 is 4.89. The zero-order chi connectivity index (χ0) is 15.1. The van der Waals surface area contributed by atoms with Crippen molar-refractivity contribution in [3.63, 3.8) is 0 Å². The second-order valence-electron chi connectivity index (χ2n) is 4.54. The lowest BCUT2D eigenvalue weighted by atomic mass is 10.1. The van der Waals surface area contributed by atoms with Crippen LogP contribution < -0.4 is 9.80 Å². The summed E-state index contributed by atoms with van der Waals surface area (Å²) in [5, 5.41) is 0. The largest absolute Gasteiger partial charge is 0.465 e. The van der Waals surface area contributed by atoms with Crippen LogP contribution in [0.2, 0.25) is 0 Å². The average molecular weight is 278 g/mol. The van der Waals surface area contributed by atoms with Crippen molar-refractivity contribution in [1.82, 2.24) is 0 Å². The third kappa shape index (κ3) is 3.44.